The zero-order chi connectivity index (χ0) is 13.9. The average molecular weight is 277 g/mol. The standard InChI is InChI=1S/C13H19N5O2/c1-18-13-11(5-17-18)12(15-8-16-13)14-4-10(19)7-20-6-9-2-3-9/h5,8-10,19H,2-4,6-7H2,1H3,(H,14,15,16). The molecule has 0 aromatic carbocycles. The van der Waals surface area contributed by atoms with Crippen LogP contribution in [0.1, 0.15) is 12.8 Å². The van der Waals surface area contributed by atoms with Gasteiger partial charge in [0.25, 0.3) is 0 Å². The van der Waals surface area contributed by atoms with Gasteiger partial charge in [0.05, 0.1) is 24.3 Å². The third kappa shape index (κ3) is 3.05. The first-order valence-corrected chi connectivity index (χ1v) is 6.86. The van der Waals surface area contributed by atoms with Crippen LogP contribution in [0.25, 0.3) is 11.0 Å². The fourth-order valence-corrected chi connectivity index (χ4v) is 2.03. The Bertz CT molecular complexity index is 581. The molecule has 2 N–H and O–H groups in total. The molecule has 0 aliphatic heterocycles. The lowest BCUT2D eigenvalue weighted by atomic mass is 10.3. The van der Waals surface area contributed by atoms with E-state index in [-0.39, 0.29) is 0 Å². The molecular formula is C13H19N5O2. The Morgan fingerprint density at radius 2 is 2.35 bits per heavy atom. The van der Waals surface area contributed by atoms with E-state index >= 15 is 0 Å². The quantitative estimate of drug-likeness (QED) is 0.769. The number of nitrogens with one attached hydrogen (secondary N) is 1. The molecule has 1 saturated carbocycles. The minimum atomic E-state index is -0.546. The van der Waals surface area contributed by atoms with E-state index < -0.39 is 6.10 Å². The topological polar surface area (TPSA) is 85.1 Å². The van der Waals surface area contributed by atoms with Crippen molar-refractivity contribution in [1.82, 2.24) is 19.7 Å². The zero-order valence-corrected chi connectivity index (χ0v) is 11.5. The third-order valence-corrected chi connectivity index (χ3v) is 3.40. The van der Waals surface area contributed by atoms with Crippen LogP contribution >= 0.6 is 0 Å². The van der Waals surface area contributed by atoms with Gasteiger partial charge in [0.2, 0.25) is 0 Å². The number of aromatic nitrogens is 4. The molecule has 3 rings (SSSR count). The van der Waals surface area contributed by atoms with Crippen molar-refractivity contribution in [1.29, 1.82) is 0 Å². The summed E-state index contributed by atoms with van der Waals surface area (Å²) in [6.07, 6.45) is 5.17. The van der Waals surface area contributed by atoms with Crippen LogP contribution < -0.4 is 5.32 Å². The van der Waals surface area contributed by atoms with E-state index in [9.17, 15) is 5.11 Å². The van der Waals surface area contributed by atoms with Crippen molar-refractivity contribution in [2.45, 2.75) is 18.9 Å². The SMILES string of the molecule is Cn1ncc2c(NCC(O)COCC3CC3)ncnc21. The first-order chi connectivity index (χ1) is 9.74. The van der Waals surface area contributed by atoms with Gasteiger partial charge in [0.15, 0.2) is 5.65 Å². The lowest BCUT2D eigenvalue weighted by molar-refractivity contribution is 0.0386. The molecule has 0 saturated heterocycles. The summed E-state index contributed by atoms with van der Waals surface area (Å²) in [7, 11) is 1.83. The van der Waals surface area contributed by atoms with Gasteiger partial charge in [-0.15, -0.1) is 0 Å². The van der Waals surface area contributed by atoms with Gasteiger partial charge in [-0.3, -0.25) is 4.68 Å². The number of aryl methyl sites for hydroxylation is 1. The summed E-state index contributed by atoms with van der Waals surface area (Å²) in [4.78, 5) is 8.35. The minimum Gasteiger partial charge on any atom is -0.389 e. The maximum absolute atomic E-state index is 9.87. The highest BCUT2D eigenvalue weighted by molar-refractivity contribution is 5.85. The van der Waals surface area contributed by atoms with Crippen molar-refractivity contribution in [3.8, 4) is 0 Å². The highest BCUT2D eigenvalue weighted by Crippen LogP contribution is 2.28. The number of hydrogen-bond donors (Lipinski definition) is 2. The molecule has 20 heavy (non-hydrogen) atoms. The molecule has 1 aliphatic rings. The smallest absolute Gasteiger partial charge is 0.163 e. The fraction of sp³-hybridized carbons (Fsp3) is 0.615. The Balaban J connectivity index is 1.53. The number of aliphatic hydroxyl groups excluding tert-OH is 1. The first-order valence-electron chi connectivity index (χ1n) is 6.86. The molecule has 0 amide bonds. The van der Waals surface area contributed by atoms with Gasteiger partial charge in [-0.25, -0.2) is 9.97 Å². The molecule has 2 aromatic heterocycles. The average Bonchev–Trinajstić information content (AvgIpc) is 3.20. The number of rotatable bonds is 7. The molecule has 108 valence electrons. The number of nitrogens with zero attached hydrogens (tertiary/aromatic N) is 4. The van der Waals surface area contributed by atoms with Gasteiger partial charge >= 0.3 is 0 Å². The third-order valence-electron chi connectivity index (χ3n) is 3.40. The van der Waals surface area contributed by atoms with Crippen LogP contribution in [0.5, 0.6) is 0 Å². The lowest BCUT2D eigenvalue weighted by Crippen LogP contribution is -2.25. The van der Waals surface area contributed by atoms with Gasteiger partial charge in [-0.2, -0.15) is 5.10 Å². The van der Waals surface area contributed by atoms with Crippen LogP contribution in [-0.4, -0.2) is 50.7 Å². The van der Waals surface area contributed by atoms with Gasteiger partial charge in [-0.05, 0) is 18.8 Å². The summed E-state index contributed by atoms with van der Waals surface area (Å²) in [5, 5.41) is 18.0. The molecule has 1 fully saturated rings. The van der Waals surface area contributed by atoms with Crippen LogP contribution in [-0.2, 0) is 11.8 Å². The van der Waals surface area contributed by atoms with Crippen LogP contribution in [0.2, 0.25) is 0 Å². The van der Waals surface area contributed by atoms with Crippen LogP contribution in [0.4, 0.5) is 5.82 Å². The van der Waals surface area contributed by atoms with E-state index in [4.69, 9.17) is 4.74 Å². The molecule has 2 heterocycles. The maximum Gasteiger partial charge on any atom is 0.163 e. The predicted octanol–water partition coefficient (Wildman–Crippen LogP) is 0.563. The molecule has 7 heteroatoms. The van der Waals surface area contributed by atoms with Gasteiger partial charge < -0.3 is 15.2 Å². The van der Waals surface area contributed by atoms with Gasteiger partial charge in [0.1, 0.15) is 12.1 Å². The number of anilines is 1. The summed E-state index contributed by atoms with van der Waals surface area (Å²) >= 11 is 0. The molecule has 0 spiro atoms. The van der Waals surface area contributed by atoms with E-state index in [1.165, 1.54) is 19.2 Å². The second kappa shape index (κ2) is 5.72. The van der Waals surface area contributed by atoms with Crippen molar-refractivity contribution in [3.63, 3.8) is 0 Å². The Morgan fingerprint density at radius 1 is 1.50 bits per heavy atom. The molecule has 2 aromatic rings. The van der Waals surface area contributed by atoms with Crippen molar-refractivity contribution < 1.29 is 9.84 Å². The van der Waals surface area contributed by atoms with E-state index in [0.717, 1.165) is 17.6 Å². The molecule has 0 bridgehead atoms. The Labute approximate surface area is 117 Å². The minimum absolute atomic E-state index is 0.352. The van der Waals surface area contributed by atoms with Crippen molar-refractivity contribution in [3.05, 3.63) is 12.5 Å². The molecule has 1 unspecified atom stereocenters. The fourth-order valence-electron chi connectivity index (χ4n) is 2.03. The predicted molar refractivity (Wildman–Crippen MR) is 74.3 cm³/mol. The Morgan fingerprint density at radius 3 is 3.15 bits per heavy atom. The molecule has 1 atom stereocenters. The summed E-state index contributed by atoms with van der Waals surface area (Å²) < 4.78 is 7.15. The highest BCUT2D eigenvalue weighted by Gasteiger charge is 2.21. The van der Waals surface area contributed by atoms with E-state index in [2.05, 4.69) is 20.4 Å². The van der Waals surface area contributed by atoms with Crippen molar-refractivity contribution in [2.75, 3.05) is 25.1 Å². The molecule has 0 radical (unpaired) electrons. The number of ether oxygens (including phenoxy) is 1. The summed E-state index contributed by atoms with van der Waals surface area (Å²) in [5.41, 5.74) is 0.766. The van der Waals surface area contributed by atoms with Gasteiger partial charge in [0, 0.05) is 20.2 Å². The molecule has 1 aliphatic carbocycles. The van der Waals surface area contributed by atoms with E-state index in [1.54, 1.807) is 10.9 Å². The summed E-state index contributed by atoms with van der Waals surface area (Å²) in [5.74, 6) is 1.40. The second-order valence-corrected chi connectivity index (χ2v) is 5.24. The van der Waals surface area contributed by atoms with E-state index in [0.29, 0.717) is 24.9 Å². The first kappa shape index (κ1) is 13.3. The Hall–Kier alpha value is -1.73. The molecular weight excluding hydrogens is 258 g/mol. The largest absolute Gasteiger partial charge is 0.389 e. The highest BCUT2D eigenvalue weighted by atomic mass is 16.5. The summed E-state index contributed by atoms with van der Waals surface area (Å²) in [6, 6.07) is 0. The molecule has 7 nitrogen and oxygen atoms in total. The van der Waals surface area contributed by atoms with Crippen molar-refractivity contribution >= 4 is 16.9 Å². The Kier molecular flexibility index (Phi) is 3.79. The van der Waals surface area contributed by atoms with E-state index in [1.807, 2.05) is 7.05 Å². The second-order valence-electron chi connectivity index (χ2n) is 5.24. The number of fused-ring (bicyclic) bond motifs is 1. The zero-order valence-electron chi connectivity index (χ0n) is 11.5. The van der Waals surface area contributed by atoms with Crippen LogP contribution in [0.15, 0.2) is 12.5 Å². The van der Waals surface area contributed by atoms with Crippen molar-refractivity contribution in [2.24, 2.45) is 13.0 Å². The maximum atomic E-state index is 9.87. The monoisotopic (exact) mass is 277 g/mol. The summed E-state index contributed by atoms with van der Waals surface area (Å²) in [6.45, 7) is 1.51. The van der Waals surface area contributed by atoms with Gasteiger partial charge in [-0.1, -0.05) is 0 Å². The lowest BCUT2D eigenvalue weighted by Gasteiger charge is -2.12. The number of aliphatic hydroxyl groups is 1. The van der Waals surface area contributed by atoms with Crippen LogP contribution in [0, 0.1) is 5.92 Å². The normalized spacial score (nSPS) is 16.5. The number of hydrogen-bond acceptors (Lipinski definition) is 6. The van der Waals surface area contributed by atoms with Crippen LogP contribution in [0.3, 0.4) is 0 Å².